The zero-order valence-electron chi connectivity index (χ0n) is 22.1. The number of sulfonamides is 1. The van der Waals surface area contributed by atoms with E-state index in [1.165, 1.54) is 18.3 Å². The molecule has 1 N–H and O–H groups in total. The molecule has 0 aliphatic rings. The lowest BCUT2D eigenvalue weighted by atomic mass is 10.0. The molecule has 0 heterocycles. The van der Waals surface area contributed by atoms with Gasteiger partial charge in [-0.1, -0.05) is 62.4 Å². The van der Waals surface area contributed by atoms with Crippen LogP contribution in [0.1, 0.15) is 41.3 Å². The molecular formula is C31H29N3O5S. The number of ether oxygens (including phenoxy) is 1. The minimum absolute atomic E-state index is 0.0762. The first-order chi connectivity index (χ1) is 19.2. The molecule has 0 bridgehead atoms. The van der Waals surface area contributed by atoms with Gasteiger partial charge in [0.05, 0.1) is 22.4 Å². The Kier molecular flexibility index (Phi) is 9.08. The van der Waals surface area contributed by atoms with E-state index in [-0.39, 0.29) is 10.8 Å². The molecule has 0 aliphatic heterocycles. The van der Waals surface area contributed by atoms with E-state index in [0.717, 1.165) is 9.87 Å². The Balaban J connectivity index is 1.43. The second kappa shape index (κ2) is 12.9. The van der Waals surface area contributed by atoms with E-state index in [2.05, 4.69) is 10.5 Å². The molecule has 0 spiro atoms. The zero-order chi connectivity index (χ0) is 28.5. The van der Waals surface area contributed by atoms with Crippen LogP contribution in [0, 0.1) is 0 Å². The highest BCUT2D eigenvalue weighted by molar-refractivity contribution is 7.92. The number of benzene rings is 4. The van der Waals surface area contributed by atoms with Crippen molar-refractivity contribution in [3.05, 3.63) is 126 Å². The van der Waals surface area contributed by atoms with Crippen LogP contribution in [0.5, 0.6) is 5.75 Å². The first-order valence-electron chi connectivity index (χ1n) is 12.6. The van der Waals surface area contributed by atoms with E-state index in [1.807, 2.05) is 32.0 Å². The molecular weight excluding hydrogens is 526 g/mol. The van der Waals surface area contributed by atoms with Gasteiger partial charge in [-0.05, 0) is 77.7 Å². The highest BCUT2D eigenvalue weighted by atomic mass is 32.2. The van der Waals surface area contributed by atoms with Crippen LogP contribution >= 0.6 is 0 Å². The monoisotopic (exact) mass is 555 g/mol. The largest absolute Gasteiger partial charge is 0.423 e. The van der Waals surface area contributed by atoms with Crippen molar-refractivity contribution in [1.29, 1.82) is 0 Å². The summed E-state index contributed by atoms with van der Waals surface area (Å²) in [6.45, 7) is 3.62. The number of carbonyl (C=O) groups excluding carboxylic acids is 2. The van der Waals surface area contributed by atoms with Crippen LogP contribution in [0.25, 0.3) is 0 Å². The number of hydrogen-bond donors (Lipinski definition) is 1. The fraction of sp³-hybridized carbons (Fsp3) is 0.129. The summed E-state index contributed by atoms with van der Waals surface area (Å²) in [6.07, 6.45) is 1.41. The smallest absolute Gasteiger partial charge is 0.343 e. The molecule has 0 atom stereocenters. The summed E-state index contributed by atoms with van der Waals surface area (Å²) in [5.41, 5.74) is 4.89. The highest BCUT2D eigenvalue weighted by Crippen LogP contribution is 2.25. The number of nitrogens with zero attached hydrogens (tertiary/aromatic N) is 2. The maximum absolute atomic E-state index is 13.5. The predicted molar refractivity (Wildman–Crippen MR) is 155 cm³/mol. The summed E-state index contributed by atoms with van der Waals surface area (Å²) in [5, 5.41) is 3.96. The van der Waals surface area contributed by atoms with Crippen LogP contribution in [-0.2, 0) is 14.8 Å². The number of amides is 1. The standard InChI is InChI=1S/C31H29N3O5S/c1-23(2)25-15-17-27(18-16-25)34(40(37,38)29-11-7-4-8-12-29)22-30(35)33-32-21-24-13-19-28(20-14-24)39-31(36)26-9-5-3-6-10-26/h3-21,23H,22H2,1-2H3,(H,33,35). The first-order valence-corrected chi connectivity index (χ1v) is 14.0. The van der Waals surface area contributed by atoms with E-state index in [4.69, 9.17) is 4.74 Å². The van der Waals surface area contributed by atoms with Gasteiger partial charge in [-0.15, -0.1) is 0 Å². The van der Waals surface area contributed by atoms with Gasteiger partial charge >= 0.3 is 5.97 Å². The van der Waals surface area contributed by atoms with Gasteiger partial charge in [0, 0.05) is 0 Å². The molecule has 0 radical (unpaired) electrons. The molecule has 0 fully saturated rings. The average Bonchev–Trinajstić information content (AvgIpc) is 2.97. The molecule has 0 aliphatic carbocycles. The molecule has 0 saturated heterocycles. The maximum atomic E-state index is 13.5. The van der Waals surface area contributed by atoms with Crippen LogP contribution in [-0.4, -0.2) is 33.1 Å². The SMILES string of the molecule is CC(C)c1ccc(N(CC(=O)NN=Cc2ccc(OC(=O)c3ccccc3)cc2)S(=O)(=O)c2ccccc2)cc1. The number of hydrogen-bond acceptors (Lipinski definition) is 6. The molecule has 4 rings (SSSR count). The van der Waals surface area contributed by atoms with Crippen molar-refractivity contribution in [1.82, 2.24) is 5.43 Å². The number of hydrazone groups is 1. The fourth-order valence-electron chi connectivity index (χ4n) is 3.77. The quantitative estimate of drug-likeness (QED) is 0.123. The third-order valence-corrected chi connectivity index (χ3v) is 7.76. The third kappa shape index (κ3) is 7.21. The normalized spacial score (nSPS) is 11.4. The van der Waals surface area contributed by atoms with Crippen LogP contribution in [0.15, 0.2) is 119 Å². The van der Waals surface area contributed by atoms with Gasteiger partial charge in [0.25, 0.3) is 15.9 Å². The maximum Gasteiger partial charge on any atom is 0.343 e. The van der Waals surface area contributed by atoms with E-state index < -0.39 is 28.4 Å². The summed E-state index contributed by atoms with van der Waals surface area (Å²) in [7, 11) is -4.02. The first kappa shape index (κ1) is 28.3. The zero-order valence-corrected chi connectivity index (χ0v) is 22.9. The predicted octanol–water partition coefficient (Wildman–Crippen LogP) is 5.37. The Morgan fingerprint density at radius 3 is 2.05 bits per heavy atom. The van der Waals surface area contributed by atoms with Gasteiger partial charge in [0.1, 0.15) is 12.3 Å². The lowest BCUT2D eigenvalue weighted by Crippen LogP contribution is -2.39. The minimum atomic E-state index is -4.02. The Bertz CT molecular complexity index is 1570. The lowest BCUT2D eigenvalue weighted by molar-refractivity contribution is -0.119. The van der Waals surface area contributed by atoms with E-state index in [0.29, 0.717) is 22.6 Å². The average molecular weight is 556 g/mol. The second-order valence-electron chi connectivity index (χ2n) is 9.19. The Hall–Kier alpha value is -4.76. The molecule has 9 heteroatoms. The van der Waals surface area contributed by atoms with E-state index >= 15 is 0 Å². The van der Waals surface area contributed by atoms with Crippen molar-refractivity contribution in [2.45, 2.75) is 24.7 Å². The van der Waals surface area contributed by atoms with E-state index in [9.17, 15) is 18.0 Å². The van der Waals surface area contributed by atoms with Crippen molar-refractivity contribution in [2.75, 3.05) is 10.8 Å². The van der Waals surface area contributed by atoms with Crippen LogP contribution in [0.4, 0.5) is 5.69 Å². The van der Waals surface area contributed by atoms with Gasteiger partial charge in [-0.3, -0.25) is 9.10 Å². The summed E-state index contributed by atoms with van der Waals surface area (Å²) in [4.78, 5) is 25.1. The van der Waals surface area contributed by atoms with Crippen molar-refractivity contribution in [2.24, 2.45) is 5.10 Å². The Labute approximate surface area is 234 Å². The van der Waals surface area contributed by atoms with Gasteiger partial charge in [-0.25, -0.2) is 18.6 Å². The van der Waals surface area contributed by atoms with Gasteiger partial charge in [-0.2, -0.15) is 5.10 Å². The summed E-state index contributed by atoms with van der Waals surface area (Å²) in [6, 6.07) is 30.3. The minimum Gasteiger partial charge on any atom is -0.423 e. The summed E-state index contributed by atoms with van der Waals surface area (Å²) < 4.78 is 33.3. The van der Waals surface area contributed by atoms with Crippen molar-refractivity contribution >= 4 is 33.8 Å². The van der Waals surface area contributed by atoms with Crippen LogP contribution in [0.3, 0.4) is 0 Å². The molecule has 0 aromatic heterocycles. The molecule has 0 unspecified atom stereocenters. The van der Waals surface area contributed by atoms with Gasteiger partial charge < -0.3 is 4.74 Å². The highest BCUT2D eigenvalue weighted by Gasteiger charge is 2.27. The molecule has 4 aromatic rings. The molecule has 204 valence electrons. The van der Waals surface area contributed by atoms with Crippen LogP contribution in [0.2, 0.25) is 0 Å². The van der Waals surface area contributed by atoms with Gasteiger partial charge in [0.2, 0.25) is 0 Å². The number of esters is 1. The summed E-state index contributed by atoms with van der Waals surface area (Å²) in [5.74, 6) is -0.448. The number of rotatable bonds is 10. The third-order valence-electron chi connectivity index (χ3n) is 5.97. The van der Waals surface area contributed by atoms with Crippen molar-refractivity contribution in [3.63, 3.8) is 0 Å². The second-order valence-corrected chi connectivity index (χ2v) is 11.1. The van der Waals surface area contributed by atoms with Gasteiger partial charge in [0.15, 0.2) is 0 Å². The fourth-order valence-corrected chi connectivity index (χ4v) is 5.21. The Morgan fingerprint density at radius 2 is 1.45 bits per heavy atom. The number of nitrogens with one attached hydrogen (secondary N) is 1. The molecule has 0 saturated carbocycles. The van der Waals surface area contributed by atoms with Crippen LogP contribution < -0.4 is 14.5 Å². The number of anilines is 1. The van der Waals surface area contributed by atoms with Crippen molar-refractivity contribution in [3.8, 4) is 5.75 Å². The Morgan fingerprint density at radius 1 is 0.850 bits per heavy atom. The lowest BCUT2D eigenvalue weighted by Gasteiger charge is -2.24. The molecule has 8 nitrogen and oxygen atoms in total. The molecule has 1 amide bonds. The molecule has 4 aromatic carbocycles. The molecule has 40 heavy (non-hydrogen) atoms. The summed E-state index contributed by atoms with van der Waals surface area (Å²) >= 11 is 0. The van der Waals surface area contributed by atoms with Crippen molar-refractivity contribution < 1.29 is 22.7 Å². The van der Waals surface area contributed by atoms with E-state index in [1.54, 1.807) is 78.9 Å². The topological polar surface area (TPSA) is 105 Å². The number of carbonyl (C=O) groups is 2.